The van der Waals surface area contributed by atoms with E-state index in [2.05, 4.69) is 5.32 Å². The van der Waals surface area contributed by atoms with Crippen LogP contribution in [-0.2, 0) is 4.79 Å². The minimum absolute atomic E-state index is 0.246. The van der Waals surface area contributed by atoms with Gasteiger partial charge in [-0.3, -0.25) is 4.79 Å². The molecule has 0 aromatic carbocycles. The first-order chi connectivity index (χ1) is 6.29. The molecule has 1 amide bonds. The van der Waals surface area contributed by atoms with E-state index in [4.69, 9.17) is 0 Å². The lowest BCUT2D eigenvalue weighted by Gasteiger charge is -2.28. The van der Waals surface area contributed by atoms with Crippen LogP contribution in [0.4, 0.5) is 0 Å². The van der Waals surface area contributed by atoms with Crippen molar-refractivity contribution >= 4 is 5.91 Å². The summed E-state index contributed by atoms with van der Waals surface area (Å²) in [5.41, 5.74) is 0. The van der Waals surface area contributed by atoms with Gasteiger partial charge in [-0.25, -0.2) is 0 Å². The molecule has 0 bridgehead atoms. The van der Waals surface area contributed by atoms with Crippen LogP contribution in [0.1, 0.15) is 32.6 Å². The molecule has 0 aromatic rings. The Morgan fingerprint density at radius 2 is 2.23 bits per heavy atom. The number of hydrogen-bond acceptors (Lipinski definition) is 2. The summed E-state index contributed by atoms with van der Waals surface area (Å²) in [6, 6.07) is 1.06. The predicted octanol–water partition coefficient (Wildman–Crippen LogP) is 0.749. The average molecular weight is 182 g/mol. The summed E-state index contributed by atoms with van der Waals surface area (Å²) in [7, 11) is 0. The average Bonchev–Trinajstić information content (AvgIpc) is 2.74. The van der Waals surface area contributed by atoms with E-state index in [0.29, 0.717) is 12.1 Å². The van der Waals surface area contributed by atoms with E-state index in [9.17, 15) is 4.79 Å². The van der Waals surface area contributed by atoms with Crippen LogP contribution in [0, 0.1) is 0 Å². The third-order valence-corrected chi connectivity index (χ3v) is 3.27. The van der Waals surface area contributed by atoms with Crippen LogP contribution in [0.25, 0.3) is 0 Å². The van der Waals surface area contributed by atoms with Crippen LogP contribution in [-0.4, -0.2) is 36.0 Å². The van der Waals surface area contributed by atoms with E-state index in [0.717, 1.165) is 13.1 Å². The molecule has 74 valence electrons. The molecule has 1 N–H and O–H groups in total. The molecule has 2 heterocycles. The van der Waals surface area contributed by atoms with Gasteiger partial charge in [-0.15, -0.1) is 0 Å². The van der Waals surface area contributed by atoms with Crippen molar-refractivity contribution in [2.24, 2.45) is 0 Å². The summed E-state index contributed by atoms with van der Waals surface area (Å²) in [5.74, 6) is 0.246. The first kappa shape index (κ1) is 9.00. The molecule has 0 radical (unpaired) electrons. The largest absolute Gasteiger partial charge is 0.338 e. The zero-order valence-electron chi connectivity index (χ0n) is 8.25. The fraction of sp³-hybridized carbons (Fsp3) is 0.900. The van der Waals surface area contributed by atoms with Gasteiger partial charge >= 0.3 is 0 Å². The van der Waals surface area contributed by atoms with E-state index in [1.807, 2.05) is 4.90 Å². The standard InChI is InChI=1S/C10H18N2O/c1-8(13)12-7-3-5-10(12)9-4-2-6-11-9/h9-11H,2-7H2,1H3. The van der Waals surface area contributed by atoms with E-state index in [1.165, 1.54) is 25.7 Å². The lowest BCUT2D eigenvalue weighted by molar-refractivity contribution is -0.130. The van der Waals surface area contributed by atoms with Crippen LogP contribution >= 0.6 is 0 Å². The summed E-state index contributed by atoms with van der Waals surface area (Å²) < 4.78 is 0. The summed E-state index contributed by atoms with van der Waals surface area (Å²) in [5, 5.41) is 3.49. The van der Waals surface area contributed by atoms with Crippen molar-refractivity contribution < 1.29 is 4.79 Å². The maximum atomic E-state index is 11.3. The van der Waals surface area contributed by atoms with Crippen molar-refractivity contribution in [2.75, 3.05) is 13.1 Å². The molecule has 2 aliphatic heterocycles. The Hall–Kier alpha value is -0.570. The molecule has 0 spiro atoms. The number of carbonyl (C=O) groups excluding carboxylic acids is 1. The van der Waals surface area contributed by atoms with Crippen LogP contribution < -0.4 is 5.32 Å². The topological polar surface area (TPSA) is 32.3 Å². The molecule has 0 aliphatic carbocycles. The number of nitrogens with zero attached hydrogens (tertiary/aromatic N) is 1. The minimum atomic E-state index is 0.246. The van der Waals surface area contributed by atoms with Crippen molar-refractivity contribution in [3.63, 3.8) is 0 Å². The maximum absolute atomic E-state index is 11.3. The van der Waals surface area contributed by atoms with Gasteiger partial charge in [0.1, 0.15) is 0 Å². The summed E-state index contributed by atoms with van der Waals surface area (Å²) >= 11 is 0. The Bertz CT molecular complexity index is 199. The Balaban J connectivity index is 2.00. The highest BCUT2D eigenvalue weighted by molar-refractivity contribution is 5.74. The van der Waals surface area contributed by atoms with Crippen molar-refractivity contribution in [3.8, 4) is 0 Å². The molecule has 3 heteroatoms. The fourth-order valence-corrected chi connectivity index (χ4v) is 2.64. The Morgan fingerprint density at radius 1 is 1.38 bits per heavy atom. The summed E-state index contributed by atoms with van der Waals surface area (Å²) in [4.78, 5) is 13.4. The summed E-state index contributed by atoms with van der Waals surface area (Å²) in [6.07, 6.45) is 4.89. The molecule has 13 heavy (non-hydrogen) atoms. The highest BCUT2D eigenvalue weighted by Crippen LogP contribution is 2.24. The Kier molecular flexibility index (Phi) is 2.54. The molecule has 3 nitrogen and oxygen atoms in total. The Labute approximate surface area is 79.5 Å². The van der Waals surface area contributed by atoms with Crippen LogP contribution in [0.2, 0.25) is 0 Å². The van der Waals surface area contributed by atoms with Gasteiger partial charge in [-0.05, 0) is 32.2 Å². The molecule has 2 fully saturated rings. The molecule has 2 unspecified atom stereocenters. The van der Waals surface area contributed by atoms with Gasteiger partial charge in [-0.2, -0.15) is 0 Å². The van der Waals surface area contributed by atoms with E-state index < -0.39 is 0 Å². The van der Waals surface area contributed by atoms with Gasteiger partial charge in [0.2, 0.25) is 5.91 Å². The van der Waals surface area contributed by atoms with Crippen LogP contribution in [0.5, 0.6) is 0 Å². The normalized spacial score (nSPS) is 34.1. The lowest BCUT2D eigenvalue weighted by Crippen LogP contribution is -2.45. The zero-order valence-corrected chi connectivity index (χ0v) is 8.25. The van der Waals surface area contributed by atoms with Crippen molar-refractivity contribution in [3.05, 3.63) is 0 Å². The number of rotatable bonds is 1. The van der Waals surface area contributed by atoms with Gasteiger partial charge in [0.15, 0.2) is 0 Å². The molecule has 2 saturated heterocycles. The third kappa shape index (κ3) is 1.70. The second-order valence-corrected chi connectivity index (χ2v) is 4.12. The van der Waals surface area contributed by atoms with Crippen molar-refractivity contribution in [1.29, 1.82) is 0 Å². The van der Waals surface area contributed by atoms with E-state index >= 15 is 0 Å². The van der Waals surface area contributed by atoms with Gasteiger partial charge in [-0.1, -0.05) is 0 Å². The fourth-order valence-electron chi connectivity index (χ4n) is 2.64. The first-order valence-electron chi connectivity index (χ1n) is 5.29. The quantitative estimate of drug-likeness (QED) is 0.649. The molecule has 0 saturated carbocycles. The van der Waals surface area contributed by atoms with Gasteiger partial charge < -0.3 is 10.2 Å². The first-order valence-corrected chi connectivity index (χ1v) is 5.29. The molecule has 0 aromatic heterocycles. The third-order valence-electron chi connectivity index (χ3n) is 3.27. The van der Waals surface area contributed by atoms with Crippen molar-refractivity contribution in [1.82, 2.24) is 10.2 Å². The molecule has 2 rings (SSSR count). The predicted molar refractivity (Wildman–Crippen MR) is 51.4 cm³/mol. The zero-order chi connectivity index (χ0) is 9.26. The van der Waals surface area contributed by atoms with E-state index in [1.54, 1.807) is 6.92 Å². The molecular weight excluding hydrogens is 164 g/mol. The second kappa shape index (κ2) is 3.66. The highest BCUT2D eigenvalue weighted by Gasteiger charge is 2.34. The second-order valence-electron chi connectivity index (χ2n) is 4.12. The Morgan fingerprint density at radius 3 is 2.85 bits per heavy atom. The maximum Gasteiger partial charge on any atom is 0.219 e. The van der Waals surface area contributed by atoms with Crippen LogP contribution in [0.3, 0.4) is 0 Å². The summed E-state index contributed by atoms with van der Waals surface area (Å²) in [6.45, 7) is 3.79. The number of nitrogens with one attached hydrogen (secondary N) is 1. The molecular formula is C10H18N2O. The smallest absolute Gasteiger partial charge is 0.219 e. The monoisotopic (exact) mass is 182 g/mol. The lowest BCUT2D eigenvalue weighted by atomic mass is 10.0. The number of likely N-dealkylation sites (tertiary alicyclic amines) is 1. The van der Waals surface area contributed by atoms with Gasteiger partial charge in [0.25, 0.3) is 0 Å². The minimum Gasteiger partial charge on any atom is -0.338 e. The van der Waals surface area contributed by atoms with E-state index in [-0.39, 0.29) is 5.91 Å². The number of carbonyl (C=O) groups is 1. The SMILES string of the molecule is CC(=O)N1CCCC1C1CCCN1. The van der Waals surface area contributed by atoms with Crippen LogP contribution in [0.15, 0.2) is 0 Å². The van der Waals surface area contributed by atoms with Crippen molar-refractivity contribution in [2.45, 2.75) is 44.7 Å². The van der Waals surface area contributed by atoms with Gasteiger partial charge in [0.05, 0.1) is 0 Å². The van der Waals surface area contributed by atoms with Gasteiger partial charge in [0, 0.05) is 25.6 Å². The number of amides is 1. The molecule has 2 aliphatic rings. The molecule has 2 atom stereocenters. The number of hydrogen-bond donors (Lipinski definition) is 1. The highest BCUT2D eigenvalue weighted by atomic mass is 16.2.